The number of aryl methyl sites for hydroxylation is 1. The second-order valence-corrected chi connectivity index (χ2v) is 8.81. The molecule has 1 aromatic carbocycles. The van der Waals surface area contributed by atoms with Gasteiger partial charge in [-0.3, -0.25) is 0 Å². The van der Waals surface area contributed by atoms with Crippen LogP contribution in [0.25, 0.3) is 6.08 Å². The number of anilines is 1. The Morgan fingerprint density at radius 1 is 1.28 bits per heavy atom. The average Bonchev–Trinajstić information content (AvgIpc) is 3.17. The molecule has 2 heterocycles. The van der Waals surface area contributed by atoms with Gasteiger partial charge >= 0.3 is 5.97 Å². The lowest BCUT2D eigenvalue weighted by Crippen LogP contribution is -2.31. The zero-order valence-corrected chi connectivity index (χ0v) is 17.4. The molecule has 0 amide bonds. The first-order valence-electron chi connectivity index (χ1n) is 9.52. The number of rotatable bonds is 7. The van der Waals surface area contributed by atoms with Gasteiger partial charge in [0.25, 0.3) is 0 Å². The van der Waals surface area contributed by atoms with E-state index in [4.69, 9.17) is 4.74 Å². The van der Waals surface area contributed by atoms with Crippen molar-refractivity contribution in [3.05, 3.63) is 59.8 Å². The normalized spacial score (nSPS) is 17.5. The first-order valence-corrected chi connectivity index (χ1v) is 11.0. The number of hydrogen-bond donors (Lipinski definition) is 1. The smallest absolute Gasteiger partial charge is 0.330 e. The van der Waals surface area contributed by atoms with Gasteiger partial charge in [0.15, 0.2) is 0 Å². The topological polar surface area (TPSA) is 88.6 Å². The van der Waals surface area contributed by atoms with E-state index in [0.29, 0.717) is 36.8 Å². The molecule has 1 atom stereocenters. The van der Waals surface area contributed by atoms with E-state index in [0.717, 1.165) is 11.1 Å². The van der Waals surface area contributed by atoms with Crippen LogP contribution in [-0.4, -0.2) is 49.4 Å². The molecule has 1 aromatic heterocycles. The highest BCUT2D eigenvalue weighted by Crippen LogP contribution is 2.23. The Hall–Kier alpha value is -2.71. The summed E-state index contributed by atoms with van der Waals surface area (Å²) in [5.41, 5.74) is 1.80. The third-order valence-corrected chi connectivity index (χ3v) is 6.53. The molecule has 2 aromatic rings. The quantitative estimate of drug-likeness (QED) is 0.553. The van der Waals surface area contributed by atoms with Crippen molar-refractivity contribution in [1.29, 1.82) is 0 Å². The van der Waals surface area contributed by atoms with Gasteiger partial charge in [0.05, 0.1) is 11.5 Å². The number of aromatic nitrogens is 1. The second kappa shape index (κ2) is 9.19. The molecule has 154 valence electrons. The second-order valence-electron chi connectivity index (χ2n) is 6.87. The van der Waals surface area contributed by atoms with Crippen LogP contribution in [0.15, 0.2) is 53.6 Å². The molecule has 0 spiro atoms. The first-order chi connectivity index (χ1) is 13.9. The third-order valence-electron chi connectivity index (χ3n) is 4.65. The summed E-state index contributed by atoms with van der Waals surface area (Å²) in [4.78, 5) is 16.0. The van der Waals surface area contributed by atoms with E-state index in [1.54, 1.807) is 43.5 Å². The van der Waals surface area contributed by atoms with E-state index in [9.17, 15) is 13.2 Å². The van der Waals surface area contributed by atoms with Crippen molar-refractivity contribution in [1.82, 2.24) is 9.29 Å². The highest BCUT2D eigenvalue weighted by Gasteiger charge is 2.32. The zero-order chi connectivity index (χ0) is 20.9. The van der Waals surface area contributed by atoms with Crippen LogP contribution in [0, 0.1) is 6.92 Å². The molecule has 0 saturated carbocycles. The first kappa shape index (κ1) is 21.0. The van der Waals surface area contributed by atoms with E-state index in [2.05, 4.69) is 10.3 Å². The fourth-order valence-electron chi connectivity index (χ4n) is 3.08. The van der Waals surface area contributed by atoms with Gasteiger partial charge in [0.2, 0.25) is 10.0 Å². The summed E-state index contributed by atoms with van der Waals surface area (Å²) >= 11 is 0. The van der Waals surface area contributed by atoms with Crippen molar-refractivity contribution < 1.29 is 17.9 Å². The molecule has 0 bridgehead atoms. The van der Waals surface area contributed by atoms with Gasteiger partial charge in [-0.15, -0.1) is 0 Å². The van der Waals surface area contributed by atoms with Crippen LogP contribution in [0.4, 0.5) is 5.82 Å². The molecular formula is C21H25N3O4S. The molecule has 0 radical (unpaired) electrons. The largest absolute Gasteiger partial charge is 0.463 e. The molecule has 0 unspecified atom stereocenters. The maximum Gasteiger partial charge on any atom is 0.330 e. The standard InChI is InChI=1S/C21H25N3O4S/c1-3-28-21(25)11-7-17-6-10-20(22-14-17)23-18-12-13-24(15-18)29(26,27)19-8-4-16(2)5-9-19/h4-11,14,18H,3,12-13,15H2,1-2H3,(H,22,23)/b11-7+/t18-/m1/s1. The van der Waals surface area contributed by atoms with Gasteiger partial charge in [0.1, 0.15) is 5.82 Å². The van der Waals surface area contributed by atoms with Crippen molar-refractivity contribution in [2.75, 3.05) is 25.0 Å². The van der Waals surface area contributed by atoms with E-state index < -0.39 is 16.0 Å². The minimum Gasteiger partial charge on any atom is -0.463 e. The number of hydrogen-bond acceptors (Lipinski definition) is 6. The molecule has 3 rings (SSSR count). The minimum atomic E-state index is -3.49. The lowest BCUT2D eigenvalue weighted by molar-refractivity contribution is -0.137. The van der Waals surface area contributed by atoms with Gasteiger partial charge < -0.3 is 10.1 Å². The van der Waals surface area contributed by atoms with Crippen LogP contribution < -0.4 is 5.32 Å². The highest BCUT2D eigenvalue weighted by atomic mass is 32.2. The lowest BCUT2D eigenvalue weighted by Gasteiger charge is -2.17. The molecular weight excluding hydrogens is 390 g/mol. The number of nitrogens with zero attached hydrogens (tertiary/aromatic N) is 2. The SMILES string of the molecule is CCOC(=O)/C=C/c1ccc(N[C@@H]2CCN(S(=O)(=O)c3ccc(C)cc3)C2)nc1. The van der Waals surface area contributed by atoms with Crippen molar-refractivity contribution in [2.45, 2.75) is 31.2 Å². The predicted octanol–water partition coefficient (Wildman–Crippen LogP) is 2.84. The third kappa shape index (κ3) is 5.42. The van der Waals surface area contributed by atoms with Gasteiger partial charge in [-0.1, -0.05) is 17.7 Å². The van der Waals surface area contributed by atoms with Gasteiger partial charge in [-0.05, 0) is 56.2 Å². The number of benzene rings is 1. The van der Waals surface area contributed by atoms with Gasteiger partial charge in [-0.2, -0.15) is 4.31 Å². The average molecular weight is 416 g/mol. The number of esters is 1. The Morgan fingerprint density at radius 3 is 2.69 bits per heavy atom. The summed E-state index contributed by atoms with van der Waals surface area (Å²) in [5.74, 6) is 0.272. The summed E-state index contributed by atoms with van der Waals surface area (Å²) in [6.45, 7) is 4.88. The zero-order valence-electron chi connectivity index (χ0n) is 16.5. The van der Waals surface area contributed by atoms with Crippen LogP contribution in [-0.2, 0) is 19.6 Å². The molecule has 0 aliphatic carbocycles. The van der Waals surface area contributed by atoms with Crippen LogP contribution in [0.3, 0.4) is 0 Å². The number of carbonyl (C=O) groups is 1. The molecule has 7 nitrogen and oxygen atoms in total. The highest BCUT2D eigenvalue weighted by molar-refractivity contribution is 7.89. The number of ether oxygens (including phenoxy) is 1. The maximum absolute atomic E-state index is 12.8. The van der Waals surface area contributed by atoms with Gasteiger partial charge in [-0.25, -0.2) is 18.2 Å². The maximum atomic E-state index is 12.8. The Morgan fingerprint density at radius 2 is 2.03 bits per heavy atom. The summed E-state index contributed by atoms with van der Waals surface area (Å²) in [6.07, 6.45) is 5.35. The van der Waals surface area contributed by atoms with Crippen LogP contribution in [0.2, 0.25) is 0 Å². The van der Waals surface area contributed by atoms with Gasteiger partial charge in [0, 0.05) is 31.4 Å². The van der Waals surface area contributed by atoms with Crippen molar-refractivity contribution in [3.8, 4) is 0 Å². The Bertz CT molecular complexity index is 970. The summed E-state index contributed by atoms with van der Waals surface area (Å²) in [6, 6.07) is 10.5. The number of nitrogens with one attached hydrogen (secondary N) is 1. The van der Waals surface area contributed by atoms with E-state index in [1.165, 1.54) is 10.4 Å². The van der Waals surface area contributed by atoms with Crippen molar-refractivity contribution >= 4 is 27.9 Å². The van der Waals surface area contributed by atoms with E-state index >= 15 is 0 Å². The molecule has 29 heavy (non-hydrogen) atoms. The minimum absolute atomic E-state index is 0.0105. The summed E-state index contributed by atoms with van der Waals surface area (Å²) in [5, 5.41) is 3.28. The molecule has 1 aliphatic rings. The summed E-state index contributed by atoms with van der Waals surface area (Å²) < 4.78 is 31.9. The Kier molecular flexibility index (Phi) is 6.66. The van der Waals surface area contributed by atoms with E-state index in [1.807, 2.05) is 19.1 Å². The van der Waals surface area contributed by atoms with E-state index in [-0.39, 0.29) is 6.04 Å². The Balaban J connectivity index is 1.58. The molecule has 1 fully saturated rings. The summed E-state index contributed by atoms with van der Waals surface area (Å²) in [7, 11) is -3.49. The fourth-order valence-corrected chi connectivity index (χ4v) is 4.58. The fraction of sp³-hybridized carbons (Fsp3) is 0.333. The van der Waals surface area contributed by atoms with Crippen LogP contribution >= 0.6 is 0 Å². The molecule has 8 heteroatoms. The van der Waals surface area contributed by atoms with Crippen molar-refractivity contribution in [2.24, 2.45) is 0 Å². The molecule has 1 saturated heterocycles. The lowest BCUT2D eigenvalue weighted by atomic mass is 10.2. The Labute approximate surface area is 171 Å². The molecule has 1 aliphatic heterocycles. The monoisotopic (exact) mass is 415 g/mol. The van der Waals surface area contributed by atoms with Crippen LogP contribution in [0.1, 0.15) is 24.5 Å². The number of pyridine rings is 1. The van der Waals surface area contributed by atoms with Crippen LogP contribution in [0.5, 0.6) is 0 Å². The number of sulfonamides is 1. The predicted molar refractivity (Wildman–Crippen MR) is 112 cm³/mol. The number of carbonyl (C=O) groups excluding carboxylic acids is 1. The van der Waals surface area contributed by atoms with Crippen molar-refractivity contribution in [3.63, 3.8) is 0 Å². The molecule has 1 N–H and O–H groups in total.